The van der Waals surface area contributed by atoms with Gasteiger partial charge in [0.05, 0.1) is 38.6 Å². The van der Waals surface area contributed by atoms with Gasteiger partial charge in [0.25, 0.3) is 0 Å². The lowest BCUT2D eigenvalue weighted by Gasteiger charge is -2.13. The first-order valence-corrected chi connectivity index (χ1v) is 15.8. The fraction of sp³-hybridized carbons (Fsp3) is 1.00. The van der Waals surface area contributed by atoms with E-state index in [1.54, 1.807) is 35.5 Å². The summed E-state index contributed by atoms with van der Waals surface area (Å²) in [6.07, 6.45) is 5.78. The second kappa shape index (κ2) is 60.8. The lowest BCUT2D eigenvalue weighted by molar-refractivity contribution is -0.00933. The molecule has 8 nitrogen and oxygen atoms in total. The third-order valence-electron chi connectivity index (χ3n) is 4.57. The number of methoxy groups -OCH3 is 5. The van der Waals surface area contributed by atoms with Crippen molar-refractivity contribution in [3.63, 3.8) is 0 Å². The molecule has 1 saturated heterocycles. The van der Waals surface area contributed by atoms with Crippen molar-refractivity contribution in [3.05, 3.63) is 0 Å². The van der Waals surface area contributed by atoms with Gasteiger partial charge in [0.1, 0.15) is 6.10 Å². The number of hydrogen-bond acceptors (Lipinski definition) is 8. The molecule has 0 aliphatic carbocycles. The van der Waals surface area contributed by atoms with E-state index in [4.69, 9.17) is 28.8 Å². The Balaban J connectivity index is -0.0000000573. The molecular weight excluding hydrogens is 548 g/mol. The summed E-state index contributed by atoms with van der Waals surface area (Å²) in [6, 6.07) is 0. The number of aliphatic hydroxyl groups excluding tert-OH is 1. The van der Waals surface area contributed by atoms with Crippen molar-refractivity contribution in [2.24, 2.45) is 11.8 Å². The van der Waals surface area contributed by atoms with E-state index in [1.807, 2.05) is 13.8 Å². The molecule has 3 unspecified atom stereocenters. The number of epoxide rings is 1. The summed E-state index contributed by atoms with van der Waals surface area (Å²) in [7, 11) is 8.39. The van der Waals surface area contributed by atoms with E-state index >= 15 is 0 Å². The fourth-order valence-electron chi connectivity index (χ4n) is 1.73. The molecule has 0 aromatic carbocycles. The molecule has 1 heterocycles. The summed E-state index contributed by atoms with van der Waals surface area (Å²) in [5.74, 6) is 1.56. The van der Waals surface area contributed by atoms with Gasteiger partial charge in [-0.2, -0.15) is 0 Å². The van der Waals surface area contributed by atoms with Gasteiger partial charge in [-0.3, -0.25) is 0 Å². The highest BCUT2D eigenvalue weighted by Crippen LogP contribution is 2.10. The van der Waals surface area contributed by atoms with Gasteiger partial charge in [0.2, 0.25) is 0 Å². The second-order valence-corrected chi connectivity index (χ2v) is 10.2. The van der Waals surface area contributed by atoms with Gasteiger partial charge in [-0.15, -0.1) is 0 Å². The zero-order chi connectivity index (χ0) is 33.3. The Labute approximate surface area is 273 Å². The minimum atomic E-state index is -0.273. The molecule has 43 heavy (non-hydrogen) atoms. The van der Waals surface area contributed by atoms with Crippen molar-refractivity contribution in [2.75, 3.05) is 81.8 Å². The van der Waals surface area contributed by atoms with Crippen LogP contribution in [-0.4, -0.2) is 105 Å². The maximum Gasteiger partial charge on any atom is 0.104 e. The zero-order valence-electron chi connectivity index (χ0n) is 30.7. The number of aliphatic hydroxyl groups is 1. The molecule has 0 aromatic rings. The van der Waals surface area contributed by atoms with Crippen LogP contribution in [-0.2, 0) is 33.2 Å². The third kappa shape index (κ3) is 99.5. The molecule has 1 N–H and O–H groups in total. The highest BCUT2D eigenvalue weighted by atomic mass is 16.6. The Morgan fingerprint density at radius 2 is 1.07 bits per heavy atom. The molecule has 0 bridgehead atoms. The summed E-state index contributed by atoms with van der Waals surface area (Å²) in [5, 5.41) is 8.73. The second-order valence-electron chi connectivity index (χ2n) is 10.2. The van der Waals surface area contributed by atoms with Crippen LogP contribution in [0.2, 0.25) is 0 Å². The van der Waals surface area contributed by atoms with E-state index in [2.05, 4.69) is 71.8 Å². The lowest BCUT2D eigenvalue weighted by atomic mass is 10.2. The van der Waals surface area contributed by atoms with Crippen molar-refractivity contribution in [3.8, 4) is 0 Å². The van der Waals surface area contributed by atoms with E-state index in [-0.39, 0.29) is 27.1 Å². The number of ether oxygens (including phenoxy) is 7. The summed E-state index contributed by atoms with van der Waals surface area (Å²) < 4.78 is 34.2. The van der Waals surface area contributed by atoms with Gasteiger partial charge in [0, 0.05) is 55.4 Å². The molecule has 0 aromatic heterocycles. The lowest BCUT2D eigenvalue weighted by Crippen LogP contribution is -2.20. The minimum absolute atomic E-state index is 0. The van der Waals surface area contributed by atoms with Crippen LogP contribution >= 0.6 is 0 Å². The van der Waals surface area contributed by atoms with Crippen molar-refractivity contribution < 1.29 is 38.3 Å². The predicted octanol–water partition coefficient (Wildman–Crippen LogP) is 8.96. The van der Waals surface area contributed by atoms with Crippen molar-refractivity contribution in [1.82, 2.24) is 0 Å². The normalized spacial score (nSPS) is 13.3. The molecule has 8 heteroatoms. The highest BCUT2D eigenvalue weighted by Gasteiger charge is 2.23. The quantitative estimate of drug-likeness (QED) is 0.179. The molecule has 0 amide bonds. The van der Waals surface area contributed by atoms with Gasteiger partial charge in [-0.25, -0.2) is 0 Å². The zero-order valence-corrected chi connectivity index (χ0v) is 30.7. The van der Waals surface area contributed by atoms with E-state index in [0.29, 0.717) is 25.2 Å². The van der Waals surface area contributed by atoms with Gasteiger partial charge in [-0.1, -0.05) is 96.9 Å². The Kier molecular flexibility index (Phi) is 87.2. The van der Waals surface area contributed by atoms with Crippen LogP contribution < -0.4 is 0 Å². The van der Waals surface area contributed by atoms with Crippen molar-refractivity contribution >= 4 is 0 Å². The summed E-state index contributed by atoms with van der Waals surface area (Å²) >= 11 is 0. The molecule has 274 valence electrons. The van der Waals surface area contributed by atoms with Gasteiger partial charge >= 0.3 is 0 Å². The van der Waals surface area contributed by atoms with E-state index in [0.717, 1.165) is 58.2 Å². The van der Waals surface area contributed by atoms with Crippen molar-refractivity contribution in [1.29, 1.82) is 0 Å². The summed E-state index contributed by atoms with van der Waals surface area (Å²) in [4.78, 5) is 0. The monoisotopic (exact) mass is 635 g/mol. The summed E-state index contributed by atoms with van der Waals surface area (Å²) in [6.45, 7) is 28.5. The van der Waals surface area contributed by atoms with Crippen LogP contribution in [0.5, 0.6) is 0 Å². The standard InChI is InChI=1S/C8H16O3.C5H12O2.C5H12O.C5H12.C4H10O.C3H8O.C3H8.2CH4/c1-3-7(4-9-2)10-5-8-6-11-8;1-3-5(6)4-7-2;1-5(2)4-6-3;1-4-5(2)3;1-3-4-5-2;1-3-4-2;1-3-2;;/h7-8H,3-6H2,1-2H3;5-6H,3-4H2,1-2H3;5H,4H2,1-3H3;5H,4H2,1-3H3;3-4H2,1-2H3;3H2,1-2H3;3H2,1-2H3;2*1H4. The Bertz CT molecular complexity index is 364. The van der Waals surface area contributed by atoms with E-state index in [1.165, 1.54) is 12.8 Å². The molecule has 3 atom stereocenters. The van der Waals surface area contributed by atoms with Crippen LogP contribution in [0.25, 0.3) is 0 Å². The Morgan fingerprint density at radius 1 is 0.651 bits per heavy atom. The molecule has 1 fully saturated rings. The van der Waals surface area contributed by atoms with Crippen molar-refractivity contribution in [2.45, 2.75) is 141 Å². The largest absolute Gasteiger partial charge is 0.391 e. The molecule has 0 radical (unpaired) electrons. The maximum atomic E-state index is 8.73. The first-order chi connectivity index (χ1) is 19.5. The van der Waals surface area contributed by atoms with E-state index in [9.17, 15) is 0 Å². The minimum Gasteiger partial charge on any atom is -0.391 e. The third-order valence-corrected chi connectivity index (χ3v) is 4.57. The smallest absolute Gasteiger partial charge is 0.104 e. The molecule has 0 spiro atoms. The maximum absolute atomic E-state index is 8.73. The first-order valence-electron chi connectivity index (χ1n) is 15.8. The molecule has 1 aliphatic rings. The van der Waals surface area contributed by atoms with Gasteiger partial charge in [0.15, 0.2) is 0 Å². The average molecular weight is 635 g/mol. The summed E-state index contributed by atoms with van der Waals surface area (Å²) in [5.41, 5.74) is 0. The predicted molar refractivity (Wildman–Crippen MR) is 191 cm³/mol. The molecule has 1 rings (SSSR count). The van der Waals surface area contributed by atoms with Gasteiger partial charge in [-0.05, 0) is 38.0 Å². The Morgan fingerprint density at radius 3 is 1.21 bits per heavy atom. The molecule has 1 aliphatic heterocycles. The SMILES string of the molecule is C.C.CCC.CCC(C)C.CCC(COC)OCC1CO1.CCC(O)COC.CCCOC.CCOC.COCC(C)C. The van der Waals surface area contributed by atoms with Crippen LogP contribution in [0.4, 0.5) is 0 Å². The topological polar surface area (TPSA) is 88.1 Å². The van der Waals surface area contributed by atoms with Crippen LogP contribution in [0, 0.1) is 11.8 Å². The van der Waals surface area contributed by atoms with Crippen LogP contribution in [0.3, 0.4) is 0 Å². The number of hydrogen-bond donors (Lipinski definition) is 1. The van der Waals surface area contributed by atoms with Crippen LogP contribution in [0.15, 0.2) is 0 Å². The average Bonchev–Trinajstić information content (AvgIpc) is 3.78. The van der Waals surface area contributed by atoms with Crippen LogP contribution in [0.1, 0.15) is 123 Å². The Hall–Kier alpha value is -0.320. The van der Waals surface area contributed by atoms with E-state index < -0.39 is 0 Å². The first kappa shape index (κ1) is 61.6. The van der Waals surface area contributed by atoms with Gasteiger partial charge < -0.3 is 38.3 Å². The highest BCUT2D eigenvalue weighted by molar-refractivity contribution is 4.68. The fourth-order valence-corrected chi connectivity index (χ4v) is 1.73. The number of rotatable bonds is 15. The molecular formula is C35H86O8. The molecule has 0 saturated carbocycles.